The zero-order valence-electron chi connectivity index (χ0n) is 10.6. The Morgan fingerprint density at radius 1 is 1.47 bits per heavy atom. The third-order valence-electron chi connectivity index (χ3n) is 3.53. The van der Waals surface area contributed by atoms with Crippen molar-refractivity contribution in [3.8, 4) is 0 Å². The fourth-order valence-electron chi connectivity index (χ4n) is 2.57. The lowest BCUT2D eigenvalue weighted by Gasteiger charge is -2.35. The number of nitrogens with zero attached hydrogens (tertiary/aromatic N) is 1. The van der Waals surface area contributed by atoms with Gasteiger partial charge >= 0.3 is 5.97 Å². The Kier molecular flexibility index (Phi) is 4.77. The Hall–Kier alpha value is -1.13. The zero-order valence-corrected chi connectivity index (χ0v) is 11.4. The van der Waals surface area contributed by atoms with Crippen molar-refractivity contribution in [1.29, 1.82) is 0 Å². The molecule has 1 N–H and O–H groups in total. The van der Waals surface area contributed by atoms with Crippen molar-refractivity contribution < 1.29 is 14.3 Å². The van der Waals surface area contributed by atoms with Crippen molar-refractivity contribution >= 4 is 17.6 Å². The highest BCUT2D eigenvalue weighted by molar-refractivity contribution is 6.30. The van der Waals surface area contributed by atoms with Crippen molar-refractivity contribution in [2.24, 2.45) is 0 Å². The van der Waals surface area contributed by atoms with Gasteiger partial charge in [-0.15, -0.1) is 0 Å². The van der Waals surface area contributed by atoms with Crippen molar-refractivity contribution in [2.45, 2.75) is 38.3 Å². The van der Waals surface area contributed by atoms with Gasteiger partial charge in [-0.25, -0.2) is 4.39 Å². The molecule has 1 unspecified atom stereocenters. The molecule has 1 aliphatic heterocycles. The maximum Gasteiger partial charge on any atom is 0.304 e. The second kappa shape index (κ2) is 6.35. The maximum atomic E-state index is 13.4. The molecule has 1 aromatic carbocycles. The third-order valence-corrected chi connectivity index (χ3v) is 3.84. The Balaban J connectivity index is 2.06. The Morgan fingerprint density at radius 2 is 2.26 bits per heavy atom. The van der Waals surface area contributed by atoms with Crippen LogP contribution in [0.2, 0.25) is 5.02 Å². The van der Waals surface area contributed by atoms with Crippen LogP contribution in [0.15, 0.2) is 18.2 Å². The lowest BCUT2D eigenvalue weighted by Crippen LogP contribution is -2.40. The molecule has 0 amide bonds. The van der Waals surface area contributed by atoms with Crippen molar-refractivity contribution in [3.05, 3.63) is 34.6 Å². The molecule has 1 aliphatic rings. The van der Waals surface area contributed by atoms with Crippen LogP contribution in [0.25, 0.3) is 0 Å². The number of rotatable bonds is 4. The van der Waals surface area contributed by atoms with Crippen molar-refractivity contribution in [2.75, 3.05) is 6.54 Å². The predicted molar refractivity (Wildman–Crippen MR) is 71.7 cm³/mol. The van der Waals surface area contributed by atoms with Gasteiger partial charge in [0.25, 0.3) is 0 Å². The molecule has 1 heterocycles. The molecule has 0 aliphatic carbocycles. The highest BCUT2D eigenvalue weighted by Crippen LogP contribution is 2.23. The standard InChI is InChI=1S/C14H17ClFNO2/c15-12-5-4-10(7-13(12)16)9-17-6-2-1-3-11(17)8-14(18)19/h4-5,7,11H,1-3,6,8-9H2,(H,18,19). The number of benzene rings is 1. The maximum absolute atomic E-state index is 13.4. The summed E-state index contributed by atoms with van der Waals surface area (Å²) < 4.78 is 13.4. The van der Waals surface area contributed by atoms with E-state index in [1.165, 1.54) is 6.07 Å². The number of hydrogen-bond acceptors (Lipinski definition) is 2. The number of aliphatic carboxylic acids is 1. The van der Waals surface area contributed by atoms with Crippen LogP contribution in [-0.4, -0.2) is 28.6 Å². The molecule has 0 aromatic heterocycles. The first-order valence-corrected chi connectivity index (χ1v) is 6.84. The molecule has 0 bridgehead atoms. The van der Waals surface area contributed by atoms with E-state index in [9.17, 15) is 9.18 Å². The quantitative estimate of drug-likeness (QED) is 0.923. The van der Waals surface area contributed by atoms with Gasteiger partial charge in [0, 0.05) is 12.6 Å². The lowest BCUT2D eigenvalue weighted by atomic mass is 9.98. The van der Waals surface area contributed by atoms with Crippen molar-refractivity contribution in [3.63, 3.8) is 0 Å². The smallest absolute Gasteiger partial charge is 0.304 e. The number of carboxylic acid groups (broad SMARTS) is 1. The fourth-order valence-corrected chi connectivity index (χ4v) is 2.69. The molecule has 2 rings (SSSR count). The van der Waals surface area contributed by atoms with Crippen LogP contribution in [0.4, 0.5) is 4.39 Å². The average Bonchev–Trinajstić information content (AvgIpc) is 2.36. The number of likely N-dealkylation sites (tertiary alicyclic amines) is 1. The highest BCUT2D eigenvalue weighted by atomic mass is 35.5. The van der Waals surface area contributed by atoms with Gasteiger partial charge in [0.2, 0.25) is 0 Å². The van der Waals surface area contributed by atoms with Gasteiger partial charge in [0.05, 0.1) is 11.4 Å². The molecule has 104 valence electrons. The van der Waals surface area contributed by atoms with E-state index >= 15 is 0 Å². The van der Waals surface area contributed by atoms with Crippen LogP contribution in [0.5, 0.6) is 0 Å². The van der Waals surface area contributed by atoms with E-state index in [1.54, 1.807) is 12.1 Å². The van der Waals surface area contributed by atoms with Gasteiger partial charge < -0.3 is 5.11 Å². The van der Waals surface area contributed by atoms with E-state index in [4.69, 9.17) is 16.7 Å². The number of halogens is 2. The molecule has 1 fully saturated rings. The van der Waals surface area contributed by atoms with Gasteiger partial charge in [0.15, 0.2) is 0 Å². The van der Waals surface area contributed by atoms with Crippen LogP contribution in [0, 0.1) is 5.82 Å². The lowest BCUT2D eigenvalue weighted by molar-refractivity contribution is -0.138. The molecule has 5 heteroatoms. The van der Waals surface area contributed by atoms with Gasteiger partial charge in [-0.1, -0.05) is 24.1 Å². The first kappa shape index (κ1) is 14.3. The van der Waals surface area contributed by atoms with Gasteiger partial charge in [-0.2, -0.15) is 0 Å². The minimum Gasteiger partial charge on any atom is -0.481 e. The van der Waals surface area contributed by atoms with Crippen molar-refractivity contribution in [1.82, 2.24) is 4.90 Å². The van der Waals surface area contributed by atoms with E-state index in [2.05, 4.69) is 4.90 Å². The molecule has 1 saturated heterocycles. The third kappa shape index (κ3) is 3.91. The number of piperidine rings is 1. The van der Waals surface area contributed by atoms with E-state index in [1.807, 2.05) is 0 Å². The fraction of sp³-hybridized carbons (Fsp3) is 0.500. The van der Waals surface area contributed by atoms with E-state index in [0.29, 0.717) is 6.54 Å². The number of carboxylic acids is 1. The summed E-state index contributed by atoms with van der Waals surface area (Å²) in [6.07, 6.45) is 3.16. The van der Waals surface area contributed by atoms with E-state index < -0.39 is 11.8 Å². The second-order valence-corrected chi connectivity index (χ2v) is 5.37. The monoisotopic (exact) mass is 285 g/mol. The molecule has 3 nitrogen and oxygen atoms in total. The summed E-state index contributed by atoms with van der Waals surface area (Å²) in [5.74, 6) is -1.20. The second-order valence-electron chi connectivity index (χ2n) is 4.97. The largest absolute Gasteiger partial charge is 0.481 e. The van der Waals surface area contributed by atoms with Gasteiger partial charge in [-0.05, 0) is 37.1 Å². The van der Waals surface area contributed by atoms with Gasteiger partial charge in [0.1, 0.15) is 5.82 Å². The summed E-state index contributed by atoms with van der Waals surface area (Å²) in [7, 11) is 0. The number of carbonyl (C=O) groups is 1. The minimum absolute atomic E-state index is 0.0463. The van der Waals surface area contributed by atoms with E-state index in [0.717, 1.165) is 31.4 Å². The summed E-state index contributed by atoms with van der Waals surface area (Å²) in [5.41, 5.74) is 0.833. The van der Waals surface area contributed by atoms with Crippen LogP contribution in [-0.2, 0) is 11.3 Å². The molecule has 0 saturated carbocycles. The van der Waals surface area contributed by atoms with Crippen LogP contribution in [0.1, 0.15) is 31.2 Å². The molecule has 1 aromatic rings. The minimum atomic E-state index is -0.779. The first-order valence-electron chi connectivity index (χ1n) is 6.46. The van der Waals surface area contributed by atoms with Gasteiger partial charge in [-0.3, -0.25) is 9.69 Å². The SMILES string of the molecule is O=C(O)CC1CCCCN1Cc1ccc(Cl)c(F)c1. The highest BCUT2D eigenvalue weighted by Gasteiger charge is 2.24. The molecule has 1 atom stereocenters. The first-order chi connectivity index (χ1) is 9.06. The Labute approximate surface area is 117 Å². The summed E-state index contributed by atoms with van der Waals surface area (Å²) >= 11 is 5.65. The topological polar surface area (TPSA) is 40.5 Å². The summed E-state index contributed by atoms with van der Waals surface area (Å²) in [6.45, 7) is 1.44. The Morgan fingerprint density at radius 3 is 2.95 bits per heavy atom. The zero-order chi connectivity index (χ0) is 13.8. The molecule has 0 spiro atoms. The van der Waals surface area contributed by atoms with Crippen LogP contribution < -0.4 is 0 Å². The predicted octanol–water partition coefficient (Wildman–Crippen LogP) is 3.31. The Bertz CT molecular complexity index is 467. The molecular weight excluding hydrogens is 269 g/mol. The molecule has 0 radical (unpaired) electrons. The molecular formula is C14H17ClFNO2. The normalized spacial score (nSPS) is 20.4. The summed E-state index contributed by atoms with van der Waals surface area (Å²) in [5, 5.41) is 9.04. The summed E-state index contributed by atoms with van der Waals surface area (Å²) in [4.78, 5) is 13.0. The molecule has 19 heavy (non-hydrogen) atoms. The summed E-state index contributed by atoms with van der Waals surface area (Å²) in [6, 6.07) is 4.81. The average molecular weight is 286 g/mol. The van der Waals surface area contributed by atoms with E-state index in [-0.39, 0.29) is 17.5 Å². The van der Waals surface area contributed by atoms with Crippen LogP contribution >= 0.6 is 11.6 Å². The van der Waals surface area contributed by atoms with Crippen LogP contribution in [0.3, 0.4) is 0 Å². The number of hydrogen-bond donors (Lipinski definition) is 1.